The number of carbonyl (C=O) groups excluding carboxylic acids is 1. The third-order valence-electron chi connectivity index (χ3n) is 3.96. The van der Waals surface area contributed by atoms with Gasteiger partial charge in [-0.3, -0.25) is 4.79 Å². The zero-order valence-corrected chi connectivity index (χ0v) is 13.4. The molecule has 0 saturated heterocycles. The molecule has 2 aromatic carbocycles. The molecule has 0 saturated carbocycles. The van der Waals surface area contributed by atoms with Crippen molar-refractivity contribution in [1.82, 2.24) is 0 Å². The molecule has 0 radical (unpaired) electrons. The number of phenolic OH excluding ortho intramolecular Hbond substituents is 1. The van der Waals surface area contributed by atoms with Gasteiger partial charge in [-0.2, -0.15) is 0 Å². The number of unbranched alkanes of at least 4 members (excludes halogenated alkanes) is 3. The Morgan fingerprint density at radius 3 is 2.36 bits per heavy atom. The van der Waals surface area contributed by atoms with Crippen molar-refractivity contribution < 1.29 is 9.90 Å². The van der Waals surface area contributed by atoms with Gasteiger partial charge in [-0.1, -0.05) is 62.6 Å². The summed E-state index contributed by atoms with van der Waals surface area (Å²) in [5, 5.41) is 10.3. The standard InChI is InChI=1S/C20H24O2/c1-3-4-5-7-12-17-13-18(16-10-8-6-9-11-16)14-19(22)20(17)15(2)21/h6,8-11,13-14,22H,3-5,7,12H2,1-2H3. The highest BCUT2D eigenvalue weighted by Gasteiger charge is 2.15. The minimum Gasteiger partial charge on any atom is -0.507 e. The number of aryl methyl sites for hydroxylation is 1. The second-order valence-corrected chi connectivity index (χ2v) is 5.76. The maximum Gasteiger partial charge on any atom is 0.163 e. The maximum absolute atomic E-state index is 11.9. The van der Waals surface area contributed by atoms with E-state index in [0.717, 1.165) is 36.0 Å². The lowest BCUT2D eigenvalue weighted by Crippen LogP contribution is -2.01. The second kappa shape index (κ2) is 7.79. The van der Waals surface area contributed by atoms with Gasteiger partial charge in [0.15, 0.2) is 5.78 Å². The lowest BCUT2D eigenvalue weighted by Gasteiger charge is -2.12. The van der Waals surface area contributed by atoms with E-state index in [1.807, 2.05) is 30.3 Å². The van der Waals surface area contributed by atoms with Crippen molar-refractivity contribution in [3.8, 4) is 16.9 Å². The summed E-state index contributed by atoms with van der Waals surface area (Å²) in [6.45, 7) is 3.70. The van der Waals surface area contributed by atoms with Crippen LogP contribution in [0.25, 0.3) is 11.1 Å². The van der Waals surface area contributed by atoms with Gasteiger partial charge in [0.25, 0.3) is 0 Å². The summed E-state index contributed by atoms with van der Waals surface area (Å²) in [7, 11) is 0. The summed E-state index contributed by atoms with van der Waals surface area (Å²) >= 11 is 0. The Bertz CT molecular complexity index is 630. The molecule has 0 fully saturated rings. The molecular formula is C20H24O2. The lowest BCUT2D eigenvalue weighted by molar-refractivity contribution is 0.101. The number of ketones is 1. The van der Waals surface area contributed by atoms with Crippen LogP contribution in [-0.2, 0) is 6.42 Å². The third-order valence-corrected chi connectivity index (χ3v) is 3.96. The summed E-state index contributed by atoms with van der Waals surface area (Å²) in [5.41, 5.74) is 3.47. The van der Waals surface area contributed by atoms with Gasteiger partial charge in [0.05, 0.1) is 5.56 Å². The second-order valence-electron chi connectivity index (χ2n) is 5.76. The SMILES string of the molecule is CCCCCCc1cc(-c2ccccc2)cc(O)c1C(C)=O. The minimum atomic E-state index is -0.0670. The molecule has 0 atom stereocenters. The maximum atomic E-state index is 11.9. The van der Waals surface area contributed by atoms with Crippen LogP contribution in [0.5, 0.6) is 5.75 Å². The quantitative estimate of drug-likeness (QED) is 0.550. The number of Topliss-reactive ketones (excluding diaryl/α,β-unsaturated/α-hetero) is 1. The van der Waals surface area contributed by atoms with Crippen molar-refractivity contribution in [3.05, 3.63) is 53.6 Å². The molecular weight excluding hydrogens is 272 g/mol. The number of rotatable bonds is 7. The molecule has 0 heterocycles. The molecule has 2 rings (SSSR count). The molecule has 1 N–H and O–H groups in total. The van der Waals surface area contributed by atoms with Crippen LogP contribution in [0.1, 0.15) is 55.5 Å². The zero-order chi connectivity index (χ0) is 15.9. The number of hydrogen-bond donors (Lipinski definition) is 1. The summed E-state index contributed by atoms with van der Waals surface area (Å²) in [6, 6.07) is 13.7. The van der Waals surface area contributed by atoms with Crippen molar-refractivity contribution in [2.75, 3.05) is 0 Å². The van der Waals surface area contributed by atoms with Crippen molar-refractivity contribution in [2.24, 2.45) is 0 Å². The molecule has 0 bridgehead atoms. The molecule has 0 aliphatic carbocycles. The van der Waals surface area contributed by atoms with Gasteiger partial charge in [-0.25, -0.2) is 0 Å². The normalized spacial score (nSPS) is 10.6. The van der Waals surface area contributed by atoms with Gasteiger partial charge < -0.3 is 5.11 Å². The monoisotopic (exact) mass is 296 g/mol. The van der Waals surface area contributed by atoms with Crippen LogP contribution in [0, 0.1) is 0 Å². The van der Waals surface area contributed by atoms with E-state index < -0.39 is 0 Å². The zero-order valence-electron chi connectivity index (χ0n) is 13.4. The first-order valence-electron chi connectivity index (χ1n) is 8.05. The molecule has 116 valence electrons. The molecule has 0 unspecified atom stereocenters. The van der Waals surface area contributed by atoms with Crippen molar-refractivity contribution in [2.45, 2.75) is 46.0 Å². The fraction of sp³-hybridized carbons (Fsp3) is 0.350. The highest BCUT2D eigenvalue weighted by Crippen LogP contribution is 2.31. The summed E-state index contributed by atoms with van der Waals surface area (Å²) in [6.07, 6.45) is 5.44. The Balaban J connectivity index is 2.35. The van der Waals surface area contributed by atoms with E-state index in [9.17, 15) is 9.90 Å². The van der Waals surface area contributed by atoms with Gasteiger partial charge in [0.2, 0.25) is 0 Å². The van der Waals surface area contributed by atoms with Crippen LogP contribution < -0.4 is 0 Å². The van der Waals surface area contributed by atoms with Gasteiger partial charge in [-0.15, -0.1) is 0 Å². The van der Waals surface area contributed by atoms with Crippen molar-refractivity contribution >= 4 is 5.78 Å². The van der Waals surface area contributed by atoms with Crippen LogP contribution in [0.15, 0.2) is 42.5 Å². The van der Waals surface area contributed by atoms with Gasteiger partial charge in [0, 0.05) is 0 Å². The largest absolute Gasteiger partial charge is 0.507 e. The van der Waals surface area contributed by atoms with Gasteiger partial charge >= 0.3 is 0 Å². The number of aromatic hydroxyl groups is 1. The van der Waals surface area contributed by atoms with E-state index in [2.05, 4.69) is 13.0 Å². The van der Waals surface area contributed by atoms with E-state index in [1.54, 1.807) is 6.07 Å². The third kappa shape index (κ3) is 3.97. The predicted octanol–water partition coefficient (Wildman–Crippen LogP) is 5.38. The van der Waals surface area contributed by atoms with Crippen LogP contribution in [0.3, 0.4) is 0 Å². The molecule has 2 heteroatoms. The van der Waals surface area contributed by atoms with Crippen molar-refractivity contribution in [3.63, 3.8) is 0 Å². The van der Waals surface area contributed by atoms with E-state index in [0.29, 0.717) is 5.56 Å². The summed E-state index contributed by atoms with van der Waals surface area (Å²) in [5.74, 6) is 0.0296. The lowest BCUT2D eigenvalue weighted by atomic mass is 9.93. The Labute approximate surface area is 132 Å². The topological polar surface area (TPSA) is 37.3 Å². The fourth-order valence-electron chi connectivity index (χ4n) is 2.83. The molecule has 0 spiro atoms. The highest BCUT2D eigenvalue weighted by atomic mass is 16.3. The average Bonchev–Trinajstić information content (AvgIpc) is 2.51. The van der Waals surface area contributed by atoms with E-state index in [1.165, 1.54) is 19.8 Å². The first kappa shape index (κ1) is 16.3. The molecule has 0 aromatic heterocycles. The Morgan fingerprint density at radius 1 is 1.00 bits per heavy atom. The smallest absolute Gasteiger partial charge is 0.163 e. The van der Waals surface area contributed by atoms with Crippen LogP contribution in [0.4, 0.5) is 0 Å². The minimum absolute atomic E-state index is 0.0670. The molecule has 2 nitrogen and oxygen atoms in total. The average molecular weight is 296 g/mol. The summed E-state index contributed by atoms with van der Waals surface area (Å²) in [4.78, 5) is 11.9. The highest BCUT2D eigenvalue weighted by molar-refractivity contribution is 5.99. The molecule has 0 aliphatic heterocycles. The predicted molar refractivity (Wildman–Crippen MR) is 91.4 cm³/mol. The molecule has 0 aliphatic rings. The Hall–Kier alpha value is -2.09. The van der Waals surface area contributed by atoms with E-state index in [-0.39, 0.29) is 11.5 Å². The fourth-order valence-corrected chi connectivity index (χ4v) is 2.83. The van der Waals surface area contributed by atoms with E-state index in [4.69, 9.17) is 0 Å². The van der Waals surface area contributed by atoms with Gasteiger partial charge in [-0.05, 0) is 42.5 Å². The molecule has 22 heavy (non-hydrogen) atoms. The number of benzene rings is 2. The Morgan fingerprint density at radius 2 is 1.73 bits per heavy atom. The number of phenols is 1. The molecule has 0 amide bonds. The van der Waals surface area contributed by atoms with Crippen LogP contribution in [0.2, 0.25) is 0 Å². The Kier molecular flexibility index (Phi) is 5.76. The first-order chi connectivity index (χ1) is 10.6. The van der Waals surface area contributed by atoms with Gasteiger partial charge in [0.1, 0.15) is 5.75 Å². The van der Waals surface area contributed by atoms with E-state index >= 15 is 0 Å². The van der Waals surface area contributed by atoms with Crippen LogP contribution in [-0.4, -0.2) is 10.9 Å². The first-order valence-corrected chi connectivity index (χ1v) is 8.05. The number of carbonyl (C=O) groups is 1. The van der Waals surface area contributed by atoms with Crippen LogP contribution >= 0.6 is 0 Å². The summed E-state index contributed by atoms with van der Waals surface area (Å²) < 4.78 is 0. The van der Waals surface area contributed by atoms with Crippen molar-refractivity contribution in [1.29, 1.82) is 0 Å². The number of hydrogen-bond acceptors (Lipinski definition) is 2. The molecule has 2 aromatic rings.